The number of carbonyl (C=O) groups is 1. The topological polar surface area (TPSA) is 55.1 Å². The van der Waals surface area contributed by atoms with Crippen molar-refractivity contribution in [2.45, 2.75) is 18.9 Å². The average molecular weight is 401 g/mol. The Hall–Kier alpha value is -0.0400. The Kier molecular flexibility index (Phi) is 6.17. The van der Waals surface area contributed by atoms with E-state index in [2.05, 4.69) is 27.9 Å². The summed E-state index contributed by atoms with van der Waals surface area (Å²) >= 11 is 8.21. The zero-order chi connectivity index (χ0) is 12.4. The Labute approximate surface area is 131 Å². The second kappa shape index (κ2) is 6.93. The van der Waals surface area contributed by atoms with Gasteiger partial charge in [0.1, 0.15) is 0 Å². The van der Waals surface area contributed by atoms with E-state index in [1.807, 2.05) is 6.07 Å². The van der Waals surface area contributed by atoms with Crippen LogP contribution in [0.2, 0.25) is 5.02 Å². The van der Waals surface area contributed by atoms with Gasteiger partial charge < -0.3 is 11.1 Å². The molecule has 0 bridgehead atoms. The maximum Gasteiger partial charge on any atom is 0.253 e. The van der Waals surface area contributed by atoms with Crippen LogP contribution in [0.15, 0.2) is 18.2 Å². The molecule has 0 radical (unpaired) electrons. The van der Waals surface area contributed by atoms with Crippen LogP contribution < -0.4 is 11.1 Å². The third-order valence-electron chi connectivity index (χ3n) is 2.94. The van der Waals surface area contributed by atoms with E-state index in [0.717, 1.165) is 16.4 Å². The number of rotatable bonds is 4. The lowest BCUT2D eigenvalue weighted by Crippen LogP contribution is -2.41. The van der Waals surface area contributed by atoms with E-state index < -0.39 is 0 Å². The van der Waals surface area contributed by atoms with Crippen LogP contribution >= 0.6 is 46.6 Å². The van der Waals surface area contributed by atoms with Gasteiger partial charge in [-0.05, 0) is 59.5 Å². The molecule has 1 fully saturated rings. The number of carbonyl (C=O) groups excluding carboxylic acids is 1. The molecule has 0 aromatic heterocycles. The second-order valence-electron chi connectivity index (χ2n) is 4.28. The molecule has 1 aliphatic carbocycles. The van der Waals surface area contributed by atoms with Crippen LogP contribution in [0.5, 0.6) is 0 Å². The van der Waals surface area contributed by atoms with Gasteiger partial charge in [-0.1, -0.05) is 11.6 Å². The van der Waals surface area contributed by atoms with E-state index in [-0.39, 0.29) is 24.4 Å². The van der Waals surface area contributed by atoms with Crippen molar-refractivity contribution in [3.05, 3.63) is 32.4 Å². The number of hydrogen-bond acceptors (Lipinski definition) is 2. The zero-order valence-electron chi connectivity index (χ0n) is 9.66. The van der Waals surface area contributed by atoms with Gasteiger partial charge in [-0.25, -0.2) is 0 Å². The van der Waals surface area contributed by atoms with Crippen molar-refractivity contribution in [1.82, 2.24) is 5.32 Å². The van der Waals surface area contributed by atoms with Crippen LogP contribution in [0.1, 0.15) is 23.2 Å². The highest BCUT2D eigenvalue weighted by atomic mass is 127. The van der Waals surface area contributed by atoms with E-state index in [1.54, 1.807) is 12.1 Å². The Bertz CT molecular complexity index is 438. The molecule has 18 heavy (non-hydrogen) atoms. The van der Waals surface area contributed by atoms with E-state index in [9.17, 15) is 4.79 Å². The van der Waals surface area contributed by atoms with Crippen LogP contribution in [0.25, 0.3) is 0 Å². The molecular formula is C12H15Cl2IN2O. The molecule has 1 aromatic carbocycles. The van der Waals surface area contributed by atoms with Gasteiger partial charge in [0, 0.05) is 16.2 Å². The molecule has 1 aromatic rings. The van der Waals surface area contributed by atoms with Crippen LogP contribution in [-0.4, -0.2) is 18.5 Å². The first kappa shape index (κ1) is 16.0. The summed E-state index contributed by atoms with van der Waals surface area (Å²) in [5.41, 5.74) is 6.17. The van der Waals surface area contributed by atoms with Crippen molar-refractivity contribution in [3.63, 3.8) is 0 Å². The van der Waals surface area contributed by atoms with E-state index in [4.69, 9.17) is 17.3 Å². The first-order chi connectivity index (χ1) is 8.11. The fraction of sp³-hybridized carbons (Fsp3) is 0.417. The fourth-order valence-corrected chi connectivity index (χ4v) is 2.73. The van der Waals surface area contributed by atoms with Crippen molar-refractivity contribution in [1.29, 1.82) is 0 Å². The van der Waals surface area contributed by atoms with Crippen LogP contribution in [0.4, 0.5) is 0 Å². The van der Waals surface area contributed by atoms with Gasteiger partial charge >= 0.3 is 0 Å². The Balaban J connectivity index is 0.00000162. The van der Waals surface area contributed by atoms with Gasteiger partial charge in [-0.15, -0.1) is 12.4 Å². The van der Waals surface area contributed by atoms with Gasteiger partial charge in [0.15, 0.2) is 0 Å². The van der Waals surface area contributed by atoms with Crippen molar-refractivity contribution in [3.8, 4) is 0 Å². The quantitative estimate of drug-likeness (QED) is 0.763. The first-order valence-electron chi connectivity index (χ1n) is 5.58. The third kappa shape index (κ3) is 3.98. The lowest BCUT2D eigenvalue weighted by Gasteiger charge is -2.16. The highest BCUT2D eigenvalue weighted by Crippen LogP contribution is 2.32. The molecule has 2 rings (SSSR count). The smallest absolute Gasteiger partial charge is 0.253 e. The summed E-state index contributed by atoms with van der Waals surface area (Å²) in [7, 11) is 0. The summed E-state index contributed by atoms with van der Waals surface area (Å²) in [6.45, 7) is 0.485. The molecule has 0 heterocycles. The molecule has 1 atom stereocenters. The minimum atomic E-state index is -0.131. The molecule has 1 aliphatic rings. The summed E-state index contributed by atoms with van der Waals surface area (Å²) in [4.78, 5) is 12.0. The molecule has 1 amide bonds. The van der Waals surface area contributed by atoms with Crippen LogP contribution in [-0.2, 0) is 0 Å². The minimum Gasteiger partial charge on any atom is -0.348 e. The van der Waals surface area contributed by atoms with Gasteiger partial charge in [-0.3, -0.25) is 4.79 Å². The van der Waals surface area contributed by atoms with Gasteiger partial charge in [0.25, 0.3) is 5.91 Å². The second-order valence-corrected chi connectivity index (χ2v) is 5.93. The van der Waals surface area contributed by atoms with Gasteiger partial charge in [0.05, 0.1) is 10.6 Å². The van der Waals surface area contributed by atoms with Crippen molar-refractivity contribution >= 4 is 52.5 Å². The van der Waals surface area contributed by atoms with Crippen LogP contribution in [0.3, 0.4) is 0 Å². The molecule has 1 unspecified atom stereocenters. The summed E-state index contributed by atoms with van der Waals surface area (Å²) in [6.07, 6.45) is 2.31. The van der Waals surface area contributed by atoms with Crippen LogP contribution in [0, 0.1) is 9.49 Å². The summed E-state index contributed by atoms with van der Waals surface area (Å²) in [5, 5.41) is 3.44. The monoisotopic (exact) mass is 400 g/mol. The largest absolute Gasteiger partial charge is 0.348 e. The first-order valence-corrected chi connectivity index (χ1v) is 7.03. The summed E-state index contributed by atoms with van der Waals surface area (Å²) in [5.74, 6) is 0.417. The predicted molar refractivity (Wildman–Crippen MR) is 84.4 cm³/mol. The zero-order valence-corrected chi connectivity index (χ0v) is 13.4. The third-order valence-corrected chi connectivity index (χ3v) is 3.92. The average Bonchev–Trinajstić information content (AvgIpc) is 3.09. The molecule has 3 N–H and O–H groups in total. The molecule has 100 valence electrons. The molecule has 3 nitrogen and oxygen atoms in total. The Morgan fingerprint density at radius 3 is 2.72 bits per heavy atom. The van der Waals surface area contributed by atoms with Gasteiger partial charge in [0.2, 0.25) is 0 Å². The molecule has 6 heteroatoms. The number of benzene rings is 1. The lowest BCUT2D eigenvalue weighted by molar-refractivity contribution is 0.0933. The summed E-state index contributed by atoms with van der Waals surface area (Å²) < 4.78 is 1.02. The SMILES string of the molecule is Cl.NCC(NC(=O)c1ccc(I)cc1Cl)C1CC1. The van der Waals surface area contributed by atoms with E-state index in [0.29, 0.717) is 23.0 Å². The van der Waals surface area contributed by atoms with E-state index >= 15 is 0 Å². The molecule has 0 saturated heterocycles. The number of amides is 1. The molecule has 0 spiro atoms. The van der Waals surface area contributed by atoms with E-state index in [1.165, 1.54) is 0 Å². The maximum absolute atomic E-state index is 12.0. The molecule has 1 saturated carbocycles. The predicted octanol–water partition coefficient (Wildman–Crippen LogP) is 2.83. The number of hydrogen-bond donors (Lipinski definition) is 2. The Morgan fingerprint density at radius 2 is 2.22 bits per heavy atom. The highest BCUT2D eigenvalue weighted by molar-refractivity contribution is 14.1. The molecule has 0 aliphatic heterocycles. The summed E-state index contributed by atoms with van der Waals surface area (Å²) in [6, 6.07) is 5.49. The number of nitrogens with two attached hydrogens (primary N) is 1. The number of halogens is 3. The highest BCUT2D eigenvalue weighted by Gasteiger charge is 2.31. The minimum absolute atomic E-state index is 0. The maximum atomic E-state index is 12.0. The standard InChI is InChI=1S/C12H14ClIN2O.ClH/c13-10-5-8(14)3-4-9(10)12(17)16-11(6-15)7-1-2-7;/h3-5,7,11H,1-2,6,15H2,(H,16,17);1H. The fourth-order valence-electron chi connectivity index (χ4n) is 1.79. The van der Waals surface area contributed by atoms with Crippen molar-refractivity contribution < 1.29 is 4.79 Å². The lowest BCUT2D eigenvalue weighted by atomic mass is 10.1. The van der Waals surface area contributed by atoms with Crippen molar-refractivity contribution in [2.24, 2.45) is 11.7 Å². The van der Waals surface area contributed by atoms with Crippen molar-refractivity contribution in [2.75, 3.05) is 6.54 Å². The van der Waals surface area contributed by atoms with Gasteiger partial charge in [-0.2, -0.15) is 0 Å². The number of nitrogens with one attached hydrogen (secondary N) is 1. The molecular weight excluding hydrogens is 386 g/mol. The Morgan fingerprint density at radius 1 is 1.56 bits per heavy atom. The normalized spacial score (nSPS) is 15.7.